The van der Waals surface area contributed by atoms with Crippen LogP contribution >= 0.6 is 23.2 Å². The number of carbonyl (C=O) groups is 1. The van der Waals surface area contributed by atoms with E-state index in [0.717, 1.165) is 5.69 Å². The van der Waals surface area contributed by atoms with Gasteiger partial charge in [0.05, 0.1) is 16.9 Å². The zero-order valence-electron chi connectivity index (χ0n) is 11.3. The first-order chi connectivity index (χ1) is 10.6. The zero-order valence-corrected chi connectivity index (χ0v) is 12.8. The van der Waals surface area contributed by atoms with Crippen LogP contribution in [0.15, 0.2) is 61.1 Å². The summed E-state index contributed by atoms with van der Waals surface area (Å²) in [6, 6.07) is 12.3. The molecule has 0 aliphatic carbocycles. The van der Waals surface area contributed by atoms with Gasteiger partial charge in [0.1, 0.15) is 5.15 Å². The Labute approximate surface area is 137 Å². The maximum absolute atomic E-state index is 12.3. The first kappa shape index (κ1) is 14.6. The van der Waals surface area contributed by atoms with E-state index >= 15 is 0 Å². The number of hydrogen-bond donors (Lipinski definition) is 1. The molecule has 1 aromatic carbocycles. The summed E-state index contributed by atoms with van der Waals surface area (Å²) >= 11 is 11.8. The molecular formula is C16H11Cl2N3O. The molecule has 0 saturated heterocycles. The minimum atomic E-state index is -0.264. The van der Waals surface area contributed by atoms with Crippen LogP contribution in [0, 0.1) is 0 Å². The lowest BCUT2D eigenvalue weighted by atomic mass is 10.2. The van der Waals surface area contributed by atoms with Gasteiger partial charge in [-0.25, -0.2) is 4.98 Å². The van der Waals surface area contributed by atoms with Crippen molar-refractivity contribution in [3.05, 3.63) is 76.8 Å². The summed E-state index contributed by atoms with van der Waals surface area (Å²) < 4.78 is 1.88. The molecule has 1 N–H and O–H groups in total. The molecule has 3 rings (SSSR count). The lowest BCUT2D eigenvalue weighted by molar-refractivity contribution is 0.102. The maximum atomic E-state index is 12.3. The van der Waals surface area contributed by atoms with Crippen molar-refractivity contribution in [1.82, 2.24) is 9.55 Å². The van der Waals surface area contributed by atoms with Gasteiger partial charge in [0.25, 0.3) is 5.91 Å². The summed E-state index contributed by atoms with van der Waals surface area (Å²) in [5, 5.41) is 3.80. The summed E-state index contributed by atoms with van der Waals surface area (Å²) in [6.07, 6.45) is 5.19. The number of halogens is 2. The smallest absolute Gasteiger partial charge is 0.257 e. The largest absolute Gasteiger partial charge is 0.322 e. The number of amides is 1. The Hall–Kier alpha value is -2.30. The van der Waals surface area contributed by atoms with E-state index in [1.165, 1.54) is 6.20 Å². The number of nitrogens with one attached hydrogen (secondary N) is 1. The van der Waals surface area contributed by atoms with Gasteiger partial charge in [0.15, 0.2) is 0 Å². The van der Waals surface area contributed by atoms with Crippen molar-refractivity contribution < 1.29 is 4.79 Å². The van der Waals surface area contributed by atoms with Crippen molar-refractivity contribution in [2.75, 3.05) is 5.32 Å². The van der Waals surface area contributed by atoms with Crippen LogP contribution in [0.4, 0.5) is 5.69 Å². The minimum Gasteiger partial charge on any atom is -0.322 e. The highest BCUT2D eigenvalue weighted by Gasteiger charge is 2.11. The van der Waals surface area contributed by atoms with Gasteiger partial charge in [0, 0.05) is 23.6 Å². The van der Waals surface area contributed by atoms with E-state index in [1.807, 2.05) is 29.1 Å². The Morgan fingerprint density at radius 2 is 1.86 bits per heavy atom. The molecule has 22 heavy (non-hydrogen) atoms. The Bertz CT molecular complexity index is 799. The third-order valence-corrected chi connectivity index (χ3v) is 3.54. The topological polar surface area (TPSA) is 46.9 Å². The summed E-state index contributed by atoms with van der Waals surface area (Å²) in [7, 11) is 0. The molecule has 0 fully saturated rings. The maximum Gasteiger partial charge on any atom is 0.257 e. The average molecular weight is 332 g/mol. The van der Waals surface area contributed by atoms with Crippen molar-refractivity contribution in [2.24, 2.45) is 0 Å². The standard InChI is InChI=1S/C16H11Cl2N3O/c17-12-4-5-13(14(9-12)21-7-1-2-8-21)20-16(22)11-3-6-15(18)19-10-11/h1-10H,(H,20,22). The monoisotopic (exact) mass is 331 g/mol. The fourth-order valence-corrected chi connectivity index (χ4v) is 2.30. The highest BCUT2D eigenvalue weighted by Crippen LogP contribution is 2.25. The Balaban J connectivity index is 1.92. The van der Waals surface area contributed by atoms with Gasteiger partial charge in [-0.1, -0.05) is 23.2 Å². The number of benzene rings is 1. The van der Waals surface area contributed by atoms with E-state index in [9.17, 15) is 4.79 Å². The zero-order chi connectivity index (χ0) is 15.5. The number of pyridine rings is 1. The number of aromatic nitrogens is 2. The molecule has 0 aliphatic heterocycles. The average Bonchev–Trinajstić information content (AvgIpc) is 3.04. The Morgan fingerprint density at radius 3 is 2.55 bits per heavy atom. The quantitative estimate of drug-likeness (QED) is 0.721. The Kier molecular flexibility index (Phi) is 4.13. The molecule has 3 aromatic rings. The number of carbonyl (C=O) groups excluding carboxylic acids is 1. The van der Waals surface area contributed by atoms with Crippen molar-refractivity contribution in [3.8, 4) is 5.69 Å². The SMILES string of the molecule is O=C(Nc1ccc(Cl)cc1-n1cccc1)c1ccc(Cl)nc1. The van der Waals surface area contributed by atoms with Crippen LogP contribution in [0.1, 0.15) is 10.4 Å². The third-order valence-electron chi connectivity index (χ3n) is 3.08. The molecule has 2 heterocycles. The molecule has 0 bridgehead atoms. The van der Waals surface area contributed by atoms with Gasteiger partial charge in [-0.2, -0.15) is 0 Å². The number of anilines is 1. The van der Waals surface area contributed by atoms with Gasteiger partial charge in [-0.3, -0.25) is 4.79 Å². The number of nitrogens with zero attached hydrogens (tertiary/aromatic N) is 2. The molecule has 0 spiro atoms. The summed E-state index contributed by atoms with van der Waals surface area (Å²) in [5.41, 5.74) is 1.87. The first-order valence-electron chi connectivity index (χ1n) is 6.49. The van der Waals surface area contributed by atoms with Crippen molar-refractivity contribution in [2.45, 2.75) is 0 Å². The van der Waals surface area contributed by atoms with Gasteiger partial charge >= 0.3 is 0 Å². The number of rotatable bonds is 3. The van der Waals surface area contributed by atoms with Crippen molar-refractivity contribution in [3.63, 3.8) is 0 Å². The minimum absolute atomic E-state index is 0.264. The van der Waals surface area contributed by atoms with E-state index < -0.39 is 0 Å². The summed E-state index contributed by atoms with van der Waals surface area (Å²) in [4.78, 5) is 16.2. The van der Waals surface area contributed by atoms with Crippen LogP contribution in [0.25, 0.3) is 5.69 Å². The van der Waals surface area contributed by atoms with Crippen molar-refractivity contribution >= 4 is 34.8 Å². The first-order valence-corrected chi connectivity index (χ1v) is 7.25. The van der Waals surface area contributed by atoms with Crippen LogP contribution in [-0.2, 0) is 0 Å². The normalized spacial score (nSPS) is 10.5. The molecule has 1 amide bonds. The number of hydrogen-bond acceptors (Lipinski definition) is 2. The molecule has 4 nitrogen and oxygen atoms in total. The molecule has 2 aromatic heterocycles. The molecule has 0 saturated carbocycles. The molecule has 0 unspecified atom stereocenters. The van der Waals surface area contributed by atoms with Gasteiger partial charge in [-0.05, 0) is 42.5 Å². The molecular weight excluding hydrogens is 321 g/mol. The van der Waals surface area contributed by atoms with Crippen LogP contribution < -0.4 is 5.32 Å². The third kappa shape index (κ3) is 3.13. The molecule has 110 valence electrons. The fourth-order valence-electron chi connectivity index (χ4n) is 2.02. The fraction of sp³-hybridized carbons (Fsp3) is 0. The highest BCUT2D eigenvalue weighted by molar-refractivity contribution is 6.31. The van der Waals surface area contributed by atoms with E-state index in [0.29, 0.717) is 21.4 Å². The van der Waals surface area contributed by atoms with E-state index in [4.69, 9.17) is 23.2 Å². The summed E-state index contributed by atoms with van der Waals surface area (Å²) in [5.74, 6) is -0.264. The lowest BCUT2D eigenvalue weighted by Gasteiger charge is -2.12. The predicted molar refractivity (Wildman–Crippen MR) is 88.0 cm³/mol. The van der Waals surface area contributed by atoms with E-state index in [-0.39, 0.29) is 5.91 Å². The second kappa shape index (κ2) is 6.22. The van der Waals surface area contributed by atoms with Crippen LogP contribution in [0.2, 0.25) is 10.2 Å². The lowest BCUT2D eigenvalue weighted by Crippen LogP contribution is -2.13. The van der Waals surface area contributed by atoms with Gasteiger partial charge in [0.2, 0.25) is 0 Å². The van der Waals surface area contributed by atoms with Crippen LogP contribution in [0.5, 0.6) is 0 Å². The molecule has 6 heteroatoms. The molecule has 0 atom stereocenters. The summed E-state index contributed by atoms with van der Waals surface area (Å²) in [6.45, 7) is 0. The highest BCUT2D eigenvalue weighted by atomic mass is 35.5. The Morgan fingerprint density at radius 1 is 1.09 bits per heavy atom. The molecule has 0 aliphatic rings. The molecule has 0 radical (unpaired) electrons. The van der Waals surface area contributed by atoms with Gasteiger partial charge < -0.3 is 9.88 Å². The second-order valence-corrected chi connectivity index (χ2v) is 5.40. The van der Waals surface area contributed by atoms with Gasteiger partial charge in [-0.15, -0.1) is 0 Å². The van der Waals surface area contributed by atoms with E-state index in [1.54, 1.807) is 30.3 Å². The second-order valence-electron chi connectivity index (χ2n) is 4.58. The van der Waals surface area contributed by atoms with Crippen LogP contribution in [0.3, 0.4) is 0 Å². The van der Waals surface area contributed by atoms with Crippen molar-refractivity contribution in [1.29, 1.82) is 0 Å². The van der Waals surface area contributed by atoms with E-state index in [2.05, 4.69) is 10.3 Å². The van der Waals surface area contributed by atoms with Crippen LogP contribution in [-0.4, -0.2) is 15.5 Å². The predicted octanol–water partition coefficient (Wildman–Crippen LogP) is 4.43.